The van der Waals surface area contributed by atoms with Gasteiger partial charge in [0.15, 0.2) is 5.60 Å². The number of aliphatic hydroxyl groups excluding tert-OH is 2. The van der Waals surface area contributed by atoms with Crippen molar-refractivity contribution in [1.29, 1.82) is 5.26 Å². The Balaban J connectivity index is 1.25. The number of aromatic nitrogens is 3. The average molecular weight is 787 g/mol. The third-order valence-electron chi connectivity index (χ3n) is 9.79. The summed E-state index contributed by atoms with van der Waals surface area (Å²) in [6, 6.07) is 9.02. The van der Waals surface area contributed by atoms with Crippen molar-refractivity contribution in [2.45, 2.75) is 134 Å². The van der Waals surface area contributed by atoms with Gasteiger partial charge in [-0.1, -0.05) is 89.9 Å². The molecule has 4 rings (SSSR count). The minimum atomic E-state index is -4.78. The lowest BCUT2D eigenvalue weighted by Gasteiger charge is -2.26. The van der Waals surface area contributed by atoms with E-state index in [2.05, 4.69) is 22.9 Å². The molecule has 55 heavy (non-hydrogen) atoms. The number of hydrogen-bond acceptors (Lipinski definition) is 11. The molecule has 2 aromatic heterocycles. The maximum absolute atomic E-state index is 14.0. The number of aryl methyl sites for hydroxylation is 1. The number of nitrogens with zero attached hydrogens (tertiary/aromatic N) is 4. The lowest BCUT2D eigenvalue weighted by Crippen LogP contribution is -2.41. The number of nitriles is 1. The van der Waals surface area contributed by atoms with Gasteiger partial charge >= 0.3 is 7.82 Å². The Morgan fingerprint density at radius 2 is 1.69 bits per heavy atom. The van der Waals surface area contributed by atoms with Gasteiger partial charge in [-0.25, -0.2) is 18.5 Å². The van der Waals surface area contributed by atoms with Crippen molar-refractivity contribution in [2.24, 2.45) is 0 Å². The molecule has 1 aliphatic heterocycles. The van der Waals surface area contributed by atoms with Gasteiger partial charge in [-0.15, -0.1) is 6.42 Å². The molecule has 3 aromatic rings. The van der Waals surface area contributed by atoms with Crippen LogP contribution in [-0.4, -0.2) is 80.5 Å². The molecule has 0 aliphatic carbocycles. The highest BCUT2D eigenvalue weighted by atomic mass is 31.2. The molecular weight excluding hydrogens is 730 g/mol. The minimum Gasteiger partial charge on any atom is -0.387 e. The Morgan fingerprint density at radius 1 is 1.02 bits per heavy atom. The fraction of sp³-hybridized carbons (Fsp3) is 0.625. The Morgan fingerprint density at radius 3 is 2.35 bits per heavy atom. The van der Waals surface area contributed by atoms with Crippen LogP contribution in [0, 0.1) is 36.4 Å². The smallest absolute Gasteiger partial charge is 0.387 e. The highest BCUT2D eigenvalue weighted by Crippen LogP contribution is 2.46. The highest BCUT2D eigenvalue weighted by Gasteiger charge is 2.56. The van der Waals surface area contributed by atoms with E-state index >= 15 is 0 Å². The molecular formula is C40H56FN4O9P. The number of phosphoric ester groups is 1. The molecule has 1 aliphatic rings. The van der Waals surface area contributed by atoms with Gasteiger partial charge in [0.25, 0.3) is 0 Å². The summed E-state index contributed by atoms with van der Waals surface area (Å²) in [6.45, 7) is 3.25. The van der Waals surface area contributed by atoms with Gasteiger partial charge in [0.05, 0.1) is 55.0 Å². The first-order valence-electron chi connectivity index (χ1n) is 19.4. The molecule has 1 saturated heterocycles. The molecule has 0 radical (unpaired) electrons. The zero-order valence-electron chi connectivity index (χ0n) is 32.0. The molecule has 15 heteroatoms. The van der Waals surface area contributed by atoms with Crippen molar-refractivity contribution >= 4 is 13.3 Å². The Hall–Kier alpha value is -3.27. The van der Waals surface area contributed by atoms with E-state index in [9.17, 15) is 29.3 Å². The van der Waals surface area contributed by atoms with E-state index in [0.29, 0.717) is 23.4 Å². The number of halogens is 1. The first kappa shape index (κ1) is 44.4. The second kappa shape index (κ2) is 22.5. The molecule has 0 spiro atoms. The fourth-order valence-corrected chi connectivity index (χ4v) is 7.44. The number of aliphatic hydroxyl groups is 2. The van der Waals surface area contributed by atoms with Crippen molar-refractivity contribution in [1.82, 2.24) is 14.6 Å². The lowest BCUT2D eigenvalue weighted by atomic mass is 9.92. The van der Waals surface area contributed by atoms with E-state index in [1.807, 2.05) is 6.07 Å². The number of terminal acetylenes is 1. The molecule has 0 saturated carbocycles. The van der Waals surface area contributed by atoms with Crippen LogP contribution < -0.4 is 0 Å². The number of rotatable bonds is 26. The number of benzene rings is 1. The third-order valence-corrected chi connectivity index (χ3v) is 10.7. The number of fused-ring (bicyclic) bond motifs is 1. The number of hydrogen-bond donors (Lipinski definition) is 3. The average Bonchev–Trinajstić information content (AvgIpc) is 3.72. The summed E-state index contributed by atoms with van der Waals surface area (Å²) >= 11 is 0. The molecule has 1 aromatic carbocycles. The maximum atomic E-state index is 14.0. The second-order valence-corrected chi connectivity index (χ2v) is 15.6. The van der Waals surface area contributed by atoms with E-state index in [0.717, 1.165) is 25.3 Å². The van der Waals surface area contributed by atoms with Gasteiger partial charge in [0.2, 0.25) is 0 Å². The van der Waals surface area contributed by atoms with Gasteiger partial charge in [-0.3, -0.25) is 9.05 Å². The van der Waals surface area contributed by atoms with Crippen LogP contribution in [0.1, 0.15) is 113 Å². The fourth-order valence-electron chi connectivity index (χ4n) is 6.67. The lowest BCUT2D eigenvalue weighted by molar-refractivity contribution is -0.0681. The van der Waals surface area contributed by atoms with E-state index in [-0.39, 0.29) is 24.5 Å². The molecule has 3 N–H and O–H groups in total. The van der Waals surface area contributed by atoms with Gasteiger partial charge < -0.3 is 29.3 Å². The molecule has 302 valence electrons. The molecule has 6 atom stereocenters. The van der Waals surface area contributed by atoms with Crippen LogP contribution in [0.3, 0.4) is 0 Å². The Bertz CT molecular complexity index is 1760. The van der Waals surface area contributed by atoms with E-state index in [1.165, 1.54) is 87.2 Å². The zero-order valence-corrected chi connectivity index (χ0v) is 32.9. The molecule has 1 fully saturated rings. The van der Waals surface area contributed by atoms with Gasteiger partial charge in [0, 0.05) is 6.61 Å². The van der Waals surface area contributed by atoms with Crippen LogP contribution in [0.4, 0.5) is 4.39 Å². The molecule has 1 unspecified atom stereocenters. The number of ether oxygens (including phenoxy) is 3. The Kier molecular flexibility index (Phi) is 18.2. The molecule has 0 bridgehead atoms. The number of phosphoric acid groups is 1. The monoisotopic (exact) mass is 786 g/mol. The third kappa shape index (κ3) is 13.1. The quantitative estimate of drug-likeness (QED) is 0.0440. The van der Waals surface area contributed by atoms with Crippen LogP contribution in [0.25, 0.3) is 5.52 Å². The van der Waals surface area contributed by atoms with Crippen molar-refractivity contribution in [2.75, 3.05) is 26.4 Å². The molecule has 13 nitrogen and oxygen atoms in total. The summed E-state index contributed by atoms with van der Waals surface area (Å²) in [5.74, 6) is 1.83. The van der Waals surface area contributed by atoms with Crippen molar-refractivity contribution < 1.29 is 47.3 Å². The van der Waals surface area contributed by atoms with Crippen molar-refractivity contribution in [3.63, 3.8) is 0 Å². The predicted molar refractivity (Wildman–Crippen MR) is 203 cm³/mol. The Labute approximate surface area is 323 Å². The first-order valence-corrected chi connectivity index (χ1v) is 20.9. The van der Waals surface area contributed by atoms with Crippen LogP contribution in [0.2, 0.25) is 0 Å². The first-order chi connectivity index (χ1) is 26.5. The summed E-state index contributed by atoms with van der Waals surface area (Å²) < 4.78 is 56.7. The van der Waals surface area contributed by atoms with Crippen LogP contribution >= 0.6 is 7.82 Å². The second-order valence-electron chi connectivity index (χ2n) is 14.1. The summed E-state index contributed by atoms with van der Waals surface area (Å²) in [5, 5.41) is 35.4. The number of unbranched alkanes of at least 4 members (excludes halogenated alkanes) is 12. The summed E-state index contributed by atoms with van der Waals surface area (Å²) in [5.41, 5.74) is 0.177. The van der Waals surface area contributed by atoms with Crippen LogP contribution in [-0.2, 0) is 40.0 Å². The summed E-state index contributed by atoms with van der Waals surface area (Å²) in [6.07, 6.45) is 17.7. The van der Waals surface area contributed by atoms with Gasteiger partial charge in [-0.2, -0.15) is 10.4 Å². The van der Waals surface area contributed by atoms with Crippen molar-refractivity contribution in [3.8, 4) is 18.4 Å². The minimum absolute atomic E-state index is 0.00824. The van der Waals surface area contributed by atoms with E-state index in [1.54, 1.807) is 19.1 Å². The molecule has 3 heterocycles. The predicted octanol–water partition coefficient (Wildman–Crippen LogP) is 6.82. The van der Waals surface area contributed by atoms with Crippen LogP contribution in [0.5, 0.6) is 0 Å². The zero-order chi connectivity index (χ0) is 39.7. The SMILES string of the molecule is C#C[C@@]1(c2ccc3c(C)ncnn23)O[C@H](COP(=O)(O)OC[C@@H](COCCCCCCCCCCCCCCC)OCc2cc(F)cc(C#N)c2)[C@@H](O)[C@H]1O. The topological polar surface area (TPSA) is 178 Å². The van der Waals surface area contributed by atoms with E-state index < -0.39 is 56.9 Å². The summed E-state index contributed by atoms with van der Waals surface area (Å²) in [7, 11) is -4.78. The van der Waals surface area contributed by atoms with Crippen molar-refractivity contribution in [3.05, 3.63) is 65.0 Å². The highest BCUT2D eigenvalue weighted by molar-refractivity contribution is 7.47. The van der Waals surface area contributed by atoms with Crippen LogP contribution in [0.15, 0.2) is 36.7 Å². The van der Waals surface area contributed by atoms with Gasteiger partial charge in [-0.05, 0) is 49.2 Å². The van der Waals surface area contributed by atoms with Gasteiger partial charge in [0.1, 0.15) is 36.6 Å². The molecule has 0 amide bonds. The van der Waals surface area contributed by atoms with E-state index in [4.69, 9.17) is 29.7 Å². The standard InChI is InChI=1S/C40H56FN4O9P/c1-4-6-7-8-9-10-11-12-13-14-15-16-17-20-50-26-34(51-25-32-21-31(24-42)22-33(41)23-32)27-52-55(48,49)53-28-36-38(46)39(47)40(5-2,54-36)37-19-18-35-30(3)43-29-44-45(35)37/h2,18-19,21-23,29,34,36,38-39,46-47H,4,6-17,20,25-28H2,1,3H3,(H,48,49)/t34-,36-,38-,39-,40+/m1/s1. The normalized spacial score (nSPS) is 21.3. The summed E-state index contributed by atoms with van der Waals surface area (Å²) in [4.78, 5) is 14.7. The largest absolute Gasteiger partial charge is 0.472 e. The maximum Gasteiger partial charge on any atom is 0.472 e.